The van der Waals surface area contributed by atoms with Crippen LogP contribution in [0.4, 0.5) is 5.69 Å². The van der Waals surface area contributed by atoms with Gasteiger partial charge in [0, 0.05) is 17.6 Å². The van der Waals surface area contributed by atoms with Gasteiger partial charge in [0.2, 0.25) is 10.0 Å². The highest BCUT2D eigenvalue weighted by Gasteiger charge is 2.14. The number of rotatable bonds is 4. The predicted molar refractivity (Wildman–Crippen MR) is 90.5 cm³/mol. The average molecular weight is 328 g/mol. The first-order valence-electron chi connectivity index (χ1n) is 7.01. The molecule has 23 heavy (non-hydrogen) atoms. The van der Waals surface area contributed by atoms with E-state index in [4.69, 9.17) is 5.73 Å². The van der Waals surface area contributed by atoms with E-state index < -0.39 is 10.0 Å². The number of phenolic OH excluding ortho intramolecular Hbond substituents is 1. The van der Waals surface area contributed by atoms with E-state index in [1.807, 2.05) is 0 Å². The molecule has 0 unspecified atom stereocenters. The number of aromatic hydroxyl groups is 1. The Balaban J connectivity index is 1.87. The molecule has 0 saturated heterocycles. The normalized spacial score (nSPS) is 11.7. The maximum atomic E-state index is 12.4. The third-order valence-corrected chi connectivity index (χ3v) is 4.96. The van der Waals surface area contributed by atoms with Crippen molar-refractivity contribution in [1.82, 2.24) is 4.72 Å². The molecule has 0 aliphatic rings. The second-order valence-electron chi connectivity index (χ2n) is 5.23. The topological polar surface area (TPSA) is 92.4 Å². The Morgan fingerprint density at radius 2 is 1.78 bits per heavy atom. The fraction of sp³-hybridized carbons (Fsp3) is 0.0588. The van der Waals surface area contributed by atoms with Crippen molar-refractivity contribution in [3.05, 3.63) is 66.2 Å². The molecule has 0 radical (unpaired) electrons. The molecule has 0 heterocycles. The number of fused-ring (bicyclic) bond motifs is 1. The highest BCUT2D eigenvalue weighted by atomic mass is 32.2. The monoisotopic (exact) mass is 328 g/mol. The molecule has 3 aromatic carbocycles. The van der Waals surface area contributed by atoms with Crippen LogP contribution >= 0.6 is 0 Å². The van der Waals surface area contributed by atoms with Gasteiger partial charge in [-0.2, -0.15) is 0 Å². The van der Waals surface area contributed by atoms with Crippen molar-refractivity contribution in [2.75, 3.05) is 5.73 Å². The number of hydrogen-bond acceptors (Lipinski definition) is 4. The van der Waals surface area contributed by atoms with Gasteiger partial charge in [-0.15, -0.1) is 0 Å². The fourth-order valence-electron chi connectivity index (χ4n) is 2.38. The van der Waals surface area contributed by atoms with E-state index >= 15 is 0 Å². The van der Waals surface area contributed by atoms with Crippen LogP contribution in [0.25, 0.3) is 10.8 Å². The molecule has 3 rings (SSSR count). The number of sulfonamides is 1. The lowest BCUT2D eigenvalue weighted by Gasteiger charge is -2.09. The van der Waals surface area contributed by atoms with Crippen LogP contribution < -0.4 is 10.5 Å². The minimum absolute atomic E-state index is 0.124. The molecule has 0 saturated carbocycles. The molecule has 0 aliphatic carbocycles. The summed E-state index contributed by atoms with van der Waals surface area (Å²) in [6.07, 6.45) is 0. The molecule has 0 atom stereocenters. The van der Waals surface area contributed by atoms with E-state index in [2.05, 4.69) is 4.72 Å². The van der Waals surface area contributed by atoms with Gasteiger partial charge >= 0.3 is 0 Å². The summed E-state index contributed by atoms with van der Waals surface area (Å²) in [6, 6.07) is 16.7. The van der Waals surface area contributed by atoms with Crippen molar-refractivity contribution >= 4 is 26.5 Å². The quantitative estimate of drug-likeness (QED) is 0.642. The lowest BCUT2D eigenvalue weighted by Crippen LogP contribution is -2.23. The van der Waals surface area contributed by atoms with Crippen molar-refractivity contribution in [1.29, 1.82) is 0 Å². The van der Waals surface area contributed by atoms with Crippen LogP contribution in [0.2, 0.25) is 0 Å². The first-order valence-corrected chi connectivity index (χ1v) is 8.50. The van der Waals surface area contributed by atoms with Gasteiger partial charge in [-0.3, -0.25) is 0 Å². The summed E-state index contributed by atoms with van der Waals surface area (Å²) in [5.74, 6) is 0.124. The van der Waals surface area contributed by atoms with E-state index in [-0.39, 0.29) is 17.2 Å². The van der Waals surface area contributed by atoms with Gasteiger partial charge in [-0.05, 0) is 47.3 Å². The van der Waals surface area contributed by atoms with Crippen LogP contribution in [0.3, 0.4) is 0 Å². The Bertz CT molecular complexity index is 968. The van der Waals surface area contributed by atoms with Gasteiger partial charge in [0.15, 0.2) is 0 Å². The Labute approximate surface area is 134 Å². The van der Waals surface area contributed by atoms with E-state index in [0.29, 0.717) is 16.5 Å². The molecule has 0 amide bonds. The minimum atomic E-state index is -3.65. The van der Waals surface area contributed by atoms with E-state index in [9.17, 15) is 13.5 Å². The summed E-state index contributed by atoms with van der Waals surface area (Å²) >= 11 is 0. The summed E-state index contributed by atoms with van der Waals surface area (Å²) in [5.41, 5.74) is 7.05. The van der Waals surface area contributed by atoms with E-state index in [1.54, 1.807) is 48.5 Å². The summed E-state index contributed by atoms with van der Waals surface area (Å²) < 4.78 is 27.4. The molecular weight excluding hydrogens is 312 g/mol. The molecule has 6 heteroatoms. The van der Waals surface area contributed by atoms with Crippen molar-refractivity contribution in [3.63, 3.8) is 0 Å². The smallest absolute Gasteiger partial charge is 0.240 e. The largest absolute Gasteiger partial charge is 0.507 e. The average Bonchev–Trinajstić information content (AvgIpc) is 2.53. The maximum absolute atomic E-state index is 12.4. The molecular formula is C17H16N2O3S. The van der Waals surface area contributed by atoms with Crippen LogP contribution in [-0.4, -0.2) is 13.5 Å². The second kappa shape index (κ2) is 5.91. The van der Waals surface area contributed by atoms with Crippen LogP contribution in [0.15, 0.2) is 65.6 Å². The number of nitrogen functional groups attached to an aromatic ring is 1. The van der Waals surface area contributed by atoms with Crippen molar-refractivity contribution in [2.45, 2.75) is 11.4 Å². The molecule has 0 aromatic heterocycles. The highest BCUT2D eigenvalue weighted by molar-refractivity contribution is 7.89. The number of benzene rings is 3. The first-order chi connectivity index (χ1) is 11.0. The second-order valence-corrected chi connectivity index (χ2v) is 7.00. The molecule has 0 spiro atoms. The number of nitrogens with two attached hydrogens (primary N) is 1. The SMILES string of the molecule is Nc1cccc(CNS(=O)(=O)c2ccc3c(O)cccc3c2)c1. The zero-order valence-corrected chi connectivity index (χ0v) is 13.0. The summed E-state index contributed by atoms with van der Waals surface area (Å²) in [6.45, 7) is 0.158. The van der Waals surface area contributed by atoms with Crippen molar-refractivity contribution in [3.8, 4) is 5.75 Å². The number of phenols is 1. The third kappa shape index (κ3) is 3.28. The van der Waals surface area contributed by atoms with Gasteiger partial charge in [-0.1, -0.05) is 24.3 Å². The first kappa shape index (κ1) is 15.3. The van der Waals surface area contributed by atoms with Crippen LogP contribution in [0.1, 0.15) is 5.56 Å². The Morgan fingerprint density at radius 1 is 1.00 bits per heavy atom. The maximum Gasteiger partial charge on any atom is 0.240 e. The van der Waals surface area contributed by atoms with E-state index in [1.165, 1.54) is 12.1 Å². The molecule has 0 bridgehead atoms. The van der Waals surface area contributed by atoms with Gasteiger partial charge < -0.3 is 10.8 Å². The minimum Gasteiger partial charge on any atom is -0.507 e. The fourth-order valence-corrected chi connectivity index (χ4v) is 3.43. The van der Waals surface area contributed by atoms with E-state index in [0.717, 1.165) is 5.56 Å². The molecule has 3 aromatic rings. The lowest BCUT2D eigenvalue weighted by molar-refractivity contribution is 0.481. The number of nitrogens with one attached hydrogen (secondary N) is 1. The predicted octanol–water partition coefficient (Wildman–Crippen LogP) is 2.61. The zero-order valence-electron chi connectivity index (χ0n) is 12.2. The standard InChI is InChI=1S/C17H16N2O3S/c18-14-5-1-3-12(9-14)11-19-23(21,22)15-7-8-16-13(10-15)4-2-6-17(16)20/h1-10,19-20H,11,18H2. The zero-order chi connectivity index (χ0) is 16.4. The molecule has 118 valence electrons. The van der Waals surface area contributed by atoms with Crippen molar-refractivity contribution in [2.24, 2.45) is 0 Å². The van der Waals surface area contributed by atoms with Gasteiger partial charge in [0.05, 0.1) is 4.90 Å². The van der Waals surface area contributed by atoms with Gasteiger partial charge in [0.1, 0.15) is 5.75 Å². The van der Waals surface area contributed by atoms with Crippen molar-refractivity contribution < 1.29 is 13.5 Å². The number of hydrogen-bond donors (Lipinski definition) is 3. The van der Waals surface area contributed by atoms with Crippen LogP contribution in [0, 0.1) is 0 Å². The lowest BCUT2D eigenvalue weighted by atomic mass is 10.1. The number of anilines is 1. The molecule has 4 N–H and O–H groups in total. The Hall–Kier alpha value is -2.57. The highest BCUT2D eigenvalue weighted by Crippen LogP contribution is 2.26. The third-order valence-electron chi connectivity index (χ3n) is 3.56. The summed E-state index contributed by atoms with van der Waals surface area (Å²) in [4.78, 5) is 0.152. The van der Waals surface area contributed by atoms with Crippen LogP contribution in [0.5, 0.6) is 5.75 Å². The molecule has 0 fully saturated rings. The Morgan fingerprint density at radius 3 is 2.57 bits per heavy atom. The summed E-state index contributed by atoms with van der Waals surface area (Å²) in [7, 11) is -3.65. The van der Waals surface area contributed by atoms with Gasteiger partial charge in [0.25, 0.3) is 0 Å². The Kier molecular flexibility index (Phi) is 3.94. The van der Waals surface area contributed by atoms with Gasteiger partial charge in [-0.25, -0.2) is 13.1 Å². The van der Waals surface area contributed by atoms with Crippen LogP contribution in [-0.2, 0) is 16.6 Å². The summed E-state index contributed by atoms with van der Waals surface area (Å²) in [5, 5.41) is 11.0. The molecule has 5 nitrogen and oxygen atoms in total. The molecule has 0 aliphatic heterocycles.